The van der Waals surface area contributed by atoms with Gasteiger partial charge in [-0.1, -0.05) is 48.5 Å². The topological polar surface area (TPSA) is 45.2 Å². The SMILES string of the molecule is Cc1ccccc1-c1ccc(CN2CCC3(CC2)CC3C(=O)NCCCc2ccncc2)cc1. The summed E-state index contributed by atoms with van der Waals surface area (Å²) in [6.45, 7) is 6.10. The van der Waals surface area contributed by atoms with Gasteiger partial charge in [0.15, 0.2) is 0 Å². The molecule has 1 aromatic heterocycles. The number of aryl methyl sites for hydroxylation is 2. The number of nitrogens with zero attached hydrogens (tertiary/aromatic N) is 2. The lowest BCUT2D eigenvalue weighted by Gasteiger charge is -2.32. The zero-order valence-corrected chi connectivity index (χ0v) is 20.2. The molecule has 2 aromatic carbocycles. The van der Waals surface area contributed by atoms with Crippen molar-refractivity contribution in [3.05, 3.63) is 89.7 Å². The Morgan fingerprint density at radius 2 is 1.74 bits per heavy atom. The minimum atomic E-state index is 0.226. The summed E-state index contributed by atoms with van der Waals surface area (Å²) in [6, 6.07) is 21.7. The molecule has 2 heterocycles. The number of piperidine rings is 1. The van der Waals surface area contributed by atoms with Crippen LogP contribution < -0.4 is 5.32 Å². The van der Waals surface area contributed by atoms with E-state index in [-0.39, 0.29) is 17.2 Å². The molecular formula is C30H35N3O. The molecule has 2 aliphatic rings. The Labute approximate surface area is 203 Å². The molecule has 3 aromatic rings. The monoisotopic (exact) mass is 453 g/mol. The molecule has 1 saturated carbocycles. The molecule has 1 N–H and O–H groups in total. The van der Waals surface area contributed by atoms with Crippen molar-refractivity contribution < 1.29 is 4.79 Å². The molecule has 1 saturated heterocycles. The molecule has 1 aliphatic heterocycles. The van der Waals surface area contributed by atoms with Gasteiger partial charge in [0.1, 0.15) is 0 Å². The van der Waals surface area contributed by atoms with Crippen LogP contribution in [0.15, 0.2) is 73.1 Å². The largest absolute Gasteiger partial charge is 0.356 e. The van der Waals surface area contributed by atoms with Crippen LogP contribution in [0.1, 0.15) is 42.4 Å². The molecule has 176 valence electrons. The first kappa shape index (κ1) is 22.8. The molecule has 4 heteroatoms. The molecule has 1 aliphatic carbocycles. The summed E-state index contributed by atoms with van der Waals surface area (Å²) in [7, 11) is 0. The minimum Gasteiger partial charge on any atom is -0.356 e. The third-order valence-corrected chi connectivity index (χ3v) is 7.87. The summed E-state index contributed by atoms with van der Waals surface area (Å²) in [5, 5.41) is 3.19. The Kier molecular flexibility index (Phi) is 6.77. The van der Waals surface area contributed by atoms with Crippen molar-refractivity contribution in [2.75, 3.05) is 19.6 Å². The maximum atomic E-state index is 12.7. The molecule has 2 fully saturated rings. The minimum absolute atomic E-state index is 0.226. The number of carbonyl (C=O) groups is 1. The zero-order chi connectivity index (χ0) is 23.4. The zero-order valence-electron chi connectivity index (χ0n) is 20.2. The van der Waals surface area contributed by atoms with Gasteiger partial charge in [-0.25, -0.2) is 0 Å². The van der Waals surface area contributed by atoms with Crippen molar-refractivity contribution >= 4 is 5.91 Å². The number of pyridine rings is 1. The summed E-state index contributed by atoms with van der Waals surface area (Å²) < 4.78 is 0. The second-order valence-corrected chi connectivity index (χ2v) is 10.2. The van der Waals surface area contributed by atoms with E-state index >= 15 is 0 Å². The van der Waals surface area contributed by atoms with Gasteiger partial charge in [0.2, 0.25) is 5.91 Å². The Balaban J connectivity index is 1.05. The van der Waals surface area contributed by atoms with Gasteiger partial charge in [0, 0.05) is 31.4 Å². The van der Waals surface area contributed by atoms with Gasteiger partial charge in [-0.2, -0.15) is 0 Å². The molecule has 0 bridgehead atoms. The molecular weight excluding hydrogens is 418 g/mol. The molecule has 1 amide bonds. The molecule has 5 rings (SSSR count). The smallest absolute Gasteiger partial charge is 0.223 e. The molecule has 1 unspecified atom stereocenters. The van der Waals surface area contributed by atoms with E-state index in [9.17, 15) is 4.79 Å². The van der Waals surface area contributed by atoms with Crippen molar-refractivity contribution in [1.29, 1.82) is 0 Å². The number of rotatable bonds is 8. The van der Waals surface area contributed by atoms with Crippen molar-refractivity contribution in [2.24, 2.45) is 11.3 Å². The number of hydrogen-bond donors (Lipinski definition) is 1. The lowest BCUT2D eigenvalue weighted by Crippen LogP contribution is -2.37. The van der Waals surface area contributed by atoms with Gasteiger partial charge < -0.3 is 5.32 Å². The number of carbonyl (C=O) groups excluding carboxylic acids is 1. The summed E-state index contributed by atoms with van der Waals surface area (Å²) in [4.78, 5) is 19.3. The molecule has 1 spiro atoms. The number of aromatic nitrogens is 1. The van der Waals surface area contributed by atoms with Crippen molar-refractivity contribution in [3.8, 4) is 11.1 Å². The fourth-order valence-corrected chi connectivity index (χ4v) is 5.55. The highest BCUT2D eigenvalue weighted by Gasteiger charge is 2.58. The van der Waals surface area contributed by atoms with Crippen molar-refractivity contribution in [2.45, 2.75) is 45.6 Å². The van der Waals surface area contributed by atoms with Crippen LogP contribution in [0.3, 0.4) is 0 Å². The summed E-state index contributed by atoms with van der Waals surface area (Å²) >= 11 is 0. The van der Waals surface area contributed by atoms with Gasteiger partial charge in [0.05, 0.1) is 0 Å². The first-order valence-corrected chi connectivity index (χ1v) is 12.7. The van der Waals surface area contributed by atoms with E-state index in [0.717, 1.165) is 58.3 Å². The Bertz CT molecular complexity index is 1100. The average molecular weight is 454 g/mol. The Hall–Kier alpha value is -2.98. The lowest BCUT2D eigenvalue weighted by atomic mass is 9.90. The standard InChI is InChI=1S/C30H35N3O/c1-23-5-2-3-7-27(23)26-10-8-25(9-11-26)22-33-19-14-30(15-20-33)21-28(30)29(34)32-16-4-6-24-12-17-31-18-13-24/h2-3,5,7-13,17-18,28H,4,6,14-16,19-22H2,1H3,(H,32,34). The highest BCUT2D eigenvalue weighted by atomic mass is 16.2. The van der Waals surface area contributed by atoms with Crippen molar-refractivity contribution in [1.82, 2.24) is 15.2 Å². The third kappa shape index (κ3) is 5.23. The maximum Gasteiger partial charge on any atom is 0.223 e. The van der Waals surface area contributed by atoms with Gasteiger partial charge in [-0.3, -0.25) is 14.7 Å². The van der Waals surface area contributed by atoms with Crippen LogP contribution in [-0.4, -0.2) is 35.4 Å². The van der Waals surface area contributed by atoms with Crippen LogP contribution in [0.5, 0.6) is 0 Å². The van der Waals surface area contributed by atoms with E-state index in [4.69, 9.17) is 0 Å². The van der Waals surface area contributed by atoms with E-state index in [2.05, 4.69) is 70.7 Å². The Morgan fingerprint density at radius 1 is 1.00 bits per heavy atom. The third-order valence-electron chi connectivity index (χ3n) is 7.87. The number of hydrogen-bond acceptors (Lipinski definition) is 3. The van der Waals surface area contributed by atoms with Crippen LogP contribution in [0.25, 0.3) is 11.1 Å². The first-order valence-electron chi connectivity index (χ1n) is 12.7. The van der Waals surface area contributed by atoms with Gasteiger partial charge in [-0.15, -0.1) is 0 Å². The molecule has 34 heavy (non-hydrogen) atoms. The average Bonchev–Trinajstić information content (AvgIpc) is 3.58. The summed E-state index contributed by atoms with van der Waals surface area (Å²) in [5.74, 6) is 0.499. The van der Waals surface area contributed by atoms with E-state index in [1.54, 1.807) is 0 Å². The van der Waals surface area contributed by atoms with Gasteiger partial charge in [0.25, 0.3) is 0 Å². The normalized spacial score (nSPS) is 19.1. The van der Waals surface area contributed by atoms with Crippen LogP contribution in [0.2, 0.25) is 0 Å². The summed E-state index contributed by atoms with van der Waals surface area (Å²) in [6.07, 6.45) is 8.98. The van der Waals surface area contributed by atoms with E-state index in [1.807, 2.05) is 24.5 Å². The van der Waals surface area contributed by atoms with Crippen LogP contribution in [0, 0.1) is 18.3 Å². The number of amides is 1. The van der Waals surface area contributed by atoms with Gasteiger partial charge >= 0.3 is 0 Å². The van der Waals surface area contributed by atoms with E-state index in [1.165, 1.54) is 27.8 Å². The fraction of sp³-hybridized carbons (Fsp3) is 0.400. The Morgan fingerprint density at radius 3 is 2.47 bits per heavy atom. The highest BCUT2D eigenvalue weighted by molar-refractivity contribution is 5.82. The maximum absolute atomic E-state index is 12.7. The number of nitrogens with one attached hydrogen (secondary N) is 1. The van der Waals surface area contributed by atoms with Crippen molar-refractivity contribution in [3.63, 3.8) is 0 Å². The summed E-state index contributed by atoms with van der Waals surface area (Å²) in [5.41, 5.74) is 6.82. The van der Waals surface area contributed by atoms with Gasteiger partial charge in [-0.05, 0) is 97.5 Å². The number of benzene rings is 2. The van der Waals surface area contributed by atoms with E-state index < -0.39 is 0 Å². The molecule has 1 atom stereocenters. The lowest BCUT2D eigenvalue weighted by molar-refractivity contribution is -0.123. The van der Waals surface area contributed by atoms with Crippen LogP contribution in [0.4, 0.5) is 0 Å². The first-order chi connectivity index (χ1) is 16.6. The second kappa shape index (κ2) is 10.1. The second-order valence-electron chi connectivity index (χ2n) is 10.2. The predicted molar refractivity (Wildman–Crippen MR) is 137 cm³/mol. The molecule has 0 radical (unpaired) electrons. The number of likely N-dealkylation sites (tertiary alicyclic amines) is 1. The molecule has 4 nitrogen and oxygen atoms in total. The quantitative estimate of drug-likeness (QED) is 0.464. The van der Waals surface area contributed by atoms with E-state index in [0.29, 0.717) is 0 Å². The highest BCUT2D eigenvalue weighted by Crippen LogP contribution is 2.59. The van der Waals surface area contributed by atoms with Crippen LogP contribution >= 0.6 is 0 Å². The van der Waals surface area contributed by atoms with Crippen LogP contribution in [-0.2, 0) is 17.8 Å². The predicted octanol–water partition coefficient (Wildman–Crippen LogP) is 5.41. The fourth-order valence-electron chi connectivity index (χ4n) is 5.55.